The van der Waals surface area contributed by atoms with Crippen molar-refractivity contribution in [2.24, 2.45) is 0 Å². The molecule has 0 aliphatic carbocycles. The van der Waals surface area contributed by atoms with Crippen LogP contribution in [0.25, 0.3) is 0 Å². The Morgan fingerprint density at radius 3 is 2.67 bits per heavy atom. The fraction of sp³-hybridized carbons (Fsp3) is 0.167. The highest BCUT2D eigenvalue weighted by Crippen LogP contribution is 2.19. The summed E-state index contributed by atoms with van der Waals surface area (Å²) in [6, 6.07) is 7.26. The maximum atomic E-state index is 13.7. The Morgan fingerprint density at radius 1 is 1.33 bits per heavy atom. The summed E-state index contributed by atoms with van der Waals surface area (Å²) in [5, 5.41) is 2.83. The molecule has 6 heteroatoms. The Morgan fingerprint density at radius 2 is 2.11 bits per heavy atom. The number of anilines is 1. The van der Waals surface area contributed by atoms with Crippen molar-refractivity contribution in [2.75, 3.05) is 11.6 Å². The van der Waals surface area contributed by atoms with E-state index in [1.165, 1.54) is 18.4 Å². The van der Waals surface area contributed by atoms with E-state index in [0.717, 1.165) is 12.3 Å². The summed E-state index contributed by atoms with van der Waals surface area (Å²) in [6.07, 6.45) is 2.57. The Labute approximate surface area is 104 Å². The lowest BCUT2D eigenvalue weighted by Crippen LogP contribution is -2.03. The first-order chi connectivity index (χ1) is 8.47. The van der Waals surface area contributed by atoms with Crippen LogP contribution in [0.15, 0.2) is 45.9 Å². The van der Waals surface area contributed by atoms with E-state index in [4.69, 9.17) is 4.42 Å². The topological polar surface area (TPSA) is 59.3 Å². The molecule has 0 saturated carbocycles. The van der Waals surface area contributed by atoms with E-state index >= 15 is 0 Å². The maximum Gasteiger partial charge on any atom is 0.175 e. The van der Waals surface area contributed by atoms with Crippen LogP contribution in [-0.4, -0.2) is 14.7 Å². The van der Waals surface area contributed by atoms with Gasteiger partial charge >= 0.3 is 0 Å². The van der Waals surface area contributed by atoms with Crippen molar-refractivity contribution in [3.63, 3.8) is 0 Å². The summed E-state index contributed by atoms with van der Waals surface area (Å²) >= 11 is 0. The molecule has 0 fully saturated rings. The number of sulfone groups is 1. The monoisotopic (exact) mass is 269 g/mol. The van der Waals surface area contributed by atoms with Gasteiger partial charge in [0, 0.05) is 6.26 Å². The van der Waals surface area contributed by atoms with Crippen molar-refractivity contribution >= 4 is 15.5 Å². The zero-order chi connectivity index (χ0) is 13.2. The number of hydrogen-bond donors (Lipinski definition) is 1. The Kier molecular flexibility index (Phi) is 3.38. The zero-order valence-electron chi connectivity index (χ0n) is 9.68. The molecule has 4 nitrogen and oxygen atoms in total. The van der Waals surface area contributed by atoms with Crippen molar-refractivity contribution in [1.82, 2.24) is 0 Å². The summed E-state index contributed by atoms with van der Waals surface area (Å²) in [5.41, 5.74) is 0.235. The number of hydrogen-bond acceptors (Lipinski definition) is 4. The lowest BCUT2D eigenvalue weighted by molar-refractivity contribution is 0.517. The van der Waals surface area contributed by atoms with Crippen LogP contribution in [0.5, 0.6) is 0 Å². The summed E-state index contributed by atoms with van der Waals surface area (Å²) in [5.74, 6) is 0.0612. The predicted molar refractivity (Wildman–Crippen MR) is 65.5 cm³/mol. The van der Waals surface area contributed by atoms with E-state index in [1.807, 2.05) is 0 Å². The van der Waals surface area contributed by atoms with Gasteiger partial charge in [0.1, 0.15) is 11.6 Å². The molecule has 2 aromatic rings. The van der Waals surface area contributed by atoms with Crippen LogP contribution in [0, 0.1) is 5.82 Å². The fourth-order valence-corrected chi connectivity index (χ4v) is 2.10. The standard InChI is InChI=1S/C12H12FNO3S/c1-18(15,16)10-4-5-12(11(13)7-10)14-8-9-3-2-6-17-9/h2-7,14H,8H2,1H3. The molecule has 96 valence electrons. The van der Waals surface area contributed by atoms with E-state index in [0.29, 0.717) is 12.3 Å². The summed E-state index contributed by atoms with van der Waals surface area (Å²) in [6.45, 7) is 0.335. The minimum atomic E-state index is -3.39. The van der Waals surface area contributed by atoms with Crippen LogP contribution in [0.4, 0.5) is 10.1 Å². The zero-order valence-corrected chi connectivity index (χ0v) is 10.5. The largest absolute Gasteiger partial charge is 0.467 e. The van der Waals surface area contributed by atoms with E-state index in [-0.39, 0.29) is 10.6 Å². The lowest BCUT2D eigenvalue weighted by atomic mass is 10.3. The van der Waals surface area contributed by atoms with Crippen LogP contribution < -0.4 is 5.32 Å². The number of furan rings is 1. The van der Waals surface area contributed by atoms with Gasteiger partial charge < -0.3 is 9.73 Å². The number of rotatable bonds is 4. The highest BCUT2D eigenvalue weighted by atomic mass is 32.2. The minimum Gasteiger partial charge on any atom is -0.467 e. The van der Waals surface area contributed by atoms with Crippen LogP contribution in [0.1, 0.15) is 5.76 Å². The van der Waals surface area contributed by atoms with Crippen LogP contribution >= 0.6 is 0 Å². The summed E-state index contributed by atoms with van der Waals surface area (Å²) < 4.78 is 41.2. The van der Waals surface area contributed by atoms with Crippen molar-refractivity contribution in [1.29, 1.82) is 0 Å². The first kappa shape index (κ1) is 12.6. The first-order valence-electron chi connectivity index (χ1n) is 5.22. The van der Waals surface area contributed by atoms with Gasteiger partial charge in [-0.15, -0.1) is 0 Å². The van der Waals surface area contributed by atoms with E-state index in [1.54, 1.807) is 12.1 Å². The smallest absolute Gasteiger partial charge is 0.175 e. The first-order valence-corrected chi connectivity index (χ1v) is 7.12. The van der Waals surface area contributed by atoms with E-state index in [9.17, 15) is 12.8 Å². The van der Waals surface area contributed by atoms with Gasteiger partial charge in [0.2, 0.25) is 0 Å². The van der Waals surface area contributed by atoms with Crippen LogP contribution in [0.3, 0.4) is 0 Å². The van der Waals surface area contributed by atoms with Gasteiger partial charge in [-0.05, 0) is 30.3 Å². The van der Waals surface area contributed by atoms with Gasteiger partial charge in [-0.25, -0.2) is 12.8 Å². The third-order valence-electron chi connectivity index (χ3n) is 2.40. The van der Waals surface area contributed by atoms with Gasteiger partial charge in [-0.2, -0.15) is 0 Å². The number of benzene rings is 1. The highest BCUT2D eigenvalue weighted by molar-refractivity contribution is 7.90. The Hall–Kier alpha value is -1.82. The van der Waals surface area contributed by atoms with Gasteiger partial charge in [-0.1, -0.05) is 0 Å². The van der Waals surface area contributed by atoms with Gasteiger partial charge in [0.25, 0.3) is 0 Å². The molecule has 0 unspecified atom stereocenters. The maximum absolute atomic E-state index is 13.7. The molecule has 18 heavy (non-hydrogen) atoms. The lowest BCUT2D eigenvalue weighted by Gasteiger charge is -2.07. The molecule has 1 aromatic carbocycles. The van der Waals surface area contributed by atoms with Gasteiger partial charge in [0.05, 0.1) is 23.4 Å². The third kappa shape index (κ3) is 2.89. The third-order valence-corrected chi connectivity index (χ3v) is 3.51. The van der Waals surface area contributed by atoms with Gasteiger partial charge in [0.15, 0.2) is 9.84 Å². The summed E-state index contributed by atoms with van der Waals surface area (Å²) in [4.78, 5) is -0.0384. The van der Waals surface area contributed by atoms with Crippen LogP contribution in [-0.2, 0) is 16.4 Å². The van der Waals surface area contributed by atoms with Crippen molar-refractivity contribution in [3.05, 3.63) is 48.2 Å². The minimum absolute atomic E-state index is 0.0384. The number of nitrogens with one attached hydrogen (secondary N) is 1. The SMILES string of the molecule is CS(=O)(=O)c1ccc(NCc2ccco2)c(F)c1. The molecule has 0 aliphatic rings. The molecule has 0 radical (unpaired) electrons. The van der Waals surface area contributed by atoms with E-state index in [2.05, 4.69) is 5.32 Å². The second kappa shape index (κ2) is 4.81. The molecule has 0 aliphatic heterocycles. The average Bonchev–Trinajstić information content (AvgIpc) is 2.79. The molecule has 0 atom stereocenters. The molecule has 0 saturated heterocycles. The van der Waals surface area contributed by atoms with E-state index < -0.39 is 15.7 Å². The van der Waals surface area contributed by atoms with Crippen LogP contribution in [0.2, 0.25) is 0 Å². The Bertz CT molecular complexity index is 635. The van der Waals surface area contributed by atoms with Crippen molar-refractivity contribution in [3.8, 4) is 0 Å². The molecule has 1 aromatic heterocycles. The molecule has 0 bridgehead atoms. The molecule has 0 amide bonds. The number of halogens is 1. The molecule has 2 rings (SSSR count). The predicted octanol–water partition coefficient (Wildman–Crippen LogP) is 2.43. The van der Waals surface area contributed by atoms with Crippen molar-refractivity contribution < 1.29 is 17.2 Å². The summed E-state index contributed by atoms with van der Waals surface area (Å²) in [7, 11) is -3.39. The normalized spacial score (nSPS) is 11.4. The van der Waals surface area contributed by atoms with Crippen molar-refractivity contribution in [2.45, 2.75) is 11.4 Å². The average molecular weight is 269 g/mol. The molecule has 1 N–H and O–H groups in total. The van der Waals surface area contributed by atoms with Gasteiger partial charge in [-0.3, -0.25) is 0 Å². The quantitative estimate of drug-likeness (QED) is 0.926. The molecule has 1 heterocycles. The molecular weight excluding hydrogens is 257 g/mol. The Balaban J connectivity index is 2.15. The molecular formula is C12H12FNO3S. The fourth-order valence-electron chi connectivity index (χ4n) is 1.47. The molecule has 0 spiro atoms. The highest BCUT2D eigenvalue weighted by Gasteiger charge is 2.11. The second-order valence-corrected chi connectivity index (χ2v) is 5.86. The second-order valence-electron chi connectivity index (χ2n) is 3.85.